The fourth-order valence-electron chi connectivity index (χ4n) is 2.43. The van der Waals surface area contributed by atoms with Crippen molar-refractivity contribution in [3.8, 4) is 6.07 Å². The van der Waals surface area contributed by atoms with Gasteiger partial charge in [-0.1, -0.05) is 0 Å². The molecule has 1 aromatic carbocycles. The summed E-state index contributed by atoms with van der Waals surface area (Å²) in [4.78, 5) is 20.6. The first-order valence-corrected chi connectivity index (χ1v) is 6.61. The van der Waals surface area contributed by atoms with Crippen molar-refractivity contribution in [2.24, 2.45) is 0 Å². The molecular weight excluding hydrogens is 254 g/mol. The number of anilines is 2. The Hall–Kier alpha value is -2.55. The van der Waals surface area contributed by atoms with Gasteiger partial charge in [-0.15, -0.1) is 0 Å². The molecule has 0 aliphatic heterocycles. The molecule has 3 N–H and O–H groups in total. The van der Waals surface area contributed by atoms with E-state index in [9.17, 15) is 4.79 Å². The standard InChI is InChI=1S/C14H15N5O/c15-4-1-5-19(9-2-3-9)13-7-12-10(6-11(13)16)14(20)18-8-17-12/h6-9H,1-3,5,16H2,(H,17,18,20). The van der Waals surface area contributed by atoms with E-state index >= 15 is 0 Å². The van der Waals surface area contributed by atoms with Crippen LogP contribution in [0.15, 0.2) is 23.3 Å². The van der Waals surface area contributed by atoms with Gasteiger partial charge in [0, 0.05) is 12.6 Å². The van der Waals surface area contributed by atoms with Crippen LogP contribution in [-0.4, -0.2) is 22.6 Å². The summed E-state index contributed by atoms with van der Waals surface area (Å²) in [6, 6.07) is 6.12. The lowest BCUT2D eigenvalue weighted by atomic mass is 10.1. The molecule has 1 aliphatic rings. The second kappa shape index (κ2) is 4.85. The lowest BCUT2D eigenvalue weighted by Crippen LogP contribution is -2.27. The van der Waals surface area contributed by atoms with Gasteiger partial charge < -0.3 is 15.6 Å². The van der Waals surface area contributed by atoms with Crippen LogP contribution in [0.4, 0.5) is 11.4 Å². The molecule has 3 rings (SSSR count). The first-order valence-electron chi connectivity index (χ1n) is 6.61. The molecule has 1 fully saturated rings. The number of nitrogens with one attached hydrogen (secondary N) is 1. The molecule has 0 bridgehead atoms. The molecule has 1 saturated carbocycles. The Kier molecular flexibility index (Phi) is 3.03. The van der Waals surface area contributed by atoms with Gasteiger partial charge in [0.25, 0.3) is 5.56 Å². The predicted molar refractivity (Wildman–Crippen MR) is 77.4 cm³/mol. The zero-order chi connectivity index (χ0) is 14.1. The number of hydrogen-bond acceptors (Lipinski definition) is 5. The maximum Gasteiger partial charge on any atom is 0.258 e. The number of aromatic amines is 1. The zero-order valence-electron chi connectivity index (χ0n) is 11.0. The fraction of sp³-hybridized carbons (Fsp3) is 0.357. The van der Waals surface area contributed by atoms with Crippen LogP contribution in [0.2, 0.25) is 0 Å². The number of nitriles is 1. The third-order valence-electron chi connectivity index (χ3n) is 3.55. The Labute approximate surface area is 115 Å². The van der Waals surface area contributed by atoms with E-state index in [0.717, 1.165) is 18.5 Å². The van der Waals surface area contributed by atoms with E-state index < -0.39 is 0 Å². The summed E-state index contributed by atoms with van der Waals surface area (Å²) < 4.78 is 0. The topological polar surface area (TPSA) is 98.8 Å². The monoisotopic (exact) mass is 269 g/mol. The van der Waals surface area contributed by atoms with Crippen LogP contribution in [-0.2, 0) is 0 Å². The number of nitrogens with two attached hydrogens (primary N) is 1. The Morgan fingerprint density at radius 3 is 3.00 bits per heavy atom. The summed E-state index contributed by atoms with van der Waals surface area (Å²) in [6.45, 7) is 0.653. The number of rotatable bonds is 4. The maximum absolute atomic E-state index is 11.7. The number of aromatic nitrogens is 2. The van der Waals surface area contributed by atoms with Crippen molar-refractivity contribution in [3.63, 3.8) is 0 Å². The summed E-state index contributed by atoms with van der Waals surface area (Å²) in [7, 11) is 0. The summed E-state index contributed by atoms with van der Waals surface area (Å²) in [5, 5.41) is 9.27. The third-order valence-corrected chi connectivity index (χ3v) is 3.55. The molecule has 0 atom stereocenters. The van der Waals surface area contributed by atoms with Gasteiger partial charge in [-0.25, -0.2) is 4.98 Å². The molecule has 0 radical (unpaired) electrons. The van der Waals surface area contributed by atoms with Crippen LogP contribution in [0.5, 0.6) is 0 Å². The van der Waals surface area contributed by atoms with Crippen molar-refractivity contribution in [2.45, 2.75) is 25.3 Å². The number of benzene rings is 1. The molecule has 6 heteroatoms. The van der Waals surface area contributed by atoms with E-state index in [1.807, 2.05) is 6.07 Å². The number of hydrogen-bond donors (Lipinski definition) is 2. The first-order chi connectivity index (χ1) is 9.70. The van der Waals surface area contributed by atoms with Gasteiger partial charge in [0.05, 0.1) is 41.1 Å². The second-order valence-corrected chi connectivity index (χ2v) is 4.99. The van der Waals surface area contributed by atoms with Gasteiger partial charge in [0.2, 0.25) is 0 Å². The van der Waals surface area contributed by atoms with E-state index in [2.05, 4.69) is 20.9 Å². The molecule has 0 unspecified atom stereocenters. The highest BCUT2D eigenvalue weighted by molar-refractivity contribution is 5.88. The summed E-state index contributed by atoms with van der Waals surface area (Å²) >= 11 is 0. The quantitative estimate of drug-likeness (QED) is 0.817. The van der Waals surface area contributed by atoms with Crippen LogP contribution >= 0.6 is 0 Å². The highest BCUT2D eigenvalue weighted by Crippen LogP contribution is 2.36. The molecular formula is C14H15N5O. The van der Waals surface area contributed by atoms with Crippen LogP contribution in [0.3, 0.4) is 0 Å². The summed E-state index contributed by atoms with van der Waals surface area (Å²) in [5.41, 5.74) is 7.95. The number of fused-ring (bicyclic) bond motifs is 1. The zero-order valence-corrected chi connectivity index (χ0v) is 11.0. The van der Waals surface area contributed by atoms with Crippen LogP contribution in [0, 0.1) is 11.3 Å². The summed E-state index contributed by atoms with van der Waals surface area (Å²) in [5.74, 6) is 0. The first kappa shape index (κ1) is 12.5. The van der Waals surface area contributed by atoms with Crippen LogP contribution < -0.4 is 16.2 Å². The normalized spacial score (nSPS) is 14.2. The average molecular weight is 269 g/mol. The molecule has 1 heterocycles. The Balaban J connectivity index is 2.08. The van der Waals surface area contributed by atoms with E-state index in [-0.39, 0.29) is 5.56 Å². The van der Waals surface area contributed by atoms with Crippen LogP contribution in [0.25, 0.3) is 10.9 Å². The average Bonchev–Trinajstić information content (AvgIpc) is 3.25. The van der Waals surface area contributed by atoms with Crippen molar-refractivity contribution in [1.29, 1.82) is 5.26 Å². The SMILES string of the molecule is N#CCCN(c1cc2nc[nH]c(=O)c2cc1N)C1CC1. The molecule has 1 aromatic heterocycles. The molecule has 102 valence electrons. The van der Waals surface area contributed by atoms with Gasteiger partial charge >= 0.3 is 0 Å². The lowest BCUT2D eigenvalue weighted by Gasteiger charge is -2.25. The molecule has 6 nitrogen and oxygen atoms in total. The molecule has 20 heavy (non-hydrogen) atoms. The fourth-order valence-corrected chi connectivity index (χ4v) is 2.43. The van der Waals surface area contributed by atoms with E-state index in [0.29, 0.717) is 35.6 Å². The molecule has 2 aromatic rings. The smallest absolute Gasteiger partial charge is 0.258 e. The van der Waals surface area contributed by atoms with Gasteiger partial charge in [0.15, 0.2) is 0 Å². The van der Waals surface area contributed by atoms with Gasteiger partial charge in [0.1, 0.15) is 0 Å². The van der Waals surface area contributed by atoms with Crippen molar-refractivity contribution < 1.29 is 0 Å². The van der Waals surface area contributed by atoms with Gasteiger partial charge in [-0.2, -0.15) is 5.26 Å². The minimum atomic E-state index is -0.191. The predicted octanol–water partition coefficient (Wildman–Crippen LogP) is 1.39. The molecule has 0 amide bonds. The molecule has 0 spiro atoms. The Bertz CT molecular complexity index is 741. The van der Waals surface area contributed by atoms with Gasteiger partial charge in [-0.3, -0.25) is 4.79 Å². The van der Waals surface area contributed by atoms with E-state index in [1.165, 1.54) is 6.33 Å². The Morgan fingerprint density at radius 2 is 2.30 bits per heavy atom. The maximum atomic E-state index is 11.7. The largest absolute Gasteiger partial charge is 0.397 e. The van der Waals surface area contributed by atoms with Crippen LogP contribution in [0.1, 0.15) is 19.3 Å². The van der Waals surface area contributed by atoms with E-state index in [1.54, 1.807) is 6.07 Å². The van der Waals surface area contributed by atoms with Crippen molar-refractivity contribution in [2.75, 3.05) is 17.2 Å². The van der Waals surface area contributed by atoms with Crippen molar-refractivity contribution in [1.82, 2.24) is 9.97 Å². The van der Waals surface area contributed by atoms with Gasteiger partial charge in [-0.05, 0) is 25.0 Å². The van der Waals surface area contributed by atoms with Crippen molar-refractivity contribution in [3.05, 3.63) is 28.8 Å². The second-order valence-electron chi connectivity index (χ2n) is 4.99. The van der Waals surface area contributed by atoms with Crippen molar-refractivity contribution >= 4 is 22.3 Å². The number of nitrogen functional groups attached to an aromatic ring is 1. The molecule has 0 saturated heterocycles. The highest BCUT2D eigenvalue weighted by atomic mass is 16.1. The third kappa shape index (κ3) is 2.18. The minimum Gasteiger partial charge on any atom is -0.397 e. The minimum absolute atomic E-state index is 0.191. The summed E-state index contributed by atoms with van der Waals surface area (Å²) in [6.07, 6.45) is 4.08. The number of H-pyrrole nitrogens is 1. The Morgan fingerprint density at radius 1 is 1.50 bits per heavy atom. The number of nitrogens with zero attached hydrogens (tertiary/aromatic N) is 3. The molecule has 1 aliphatic carbocycles. The highest BCUT2D eigenvalue weighted by Gasteiger charge is 2.30. The lowest BCUT2D eigenvalue weighted by molar-refractivity contribution is 0.795. The van der Waals surface area contributed by atoms with E-state index in [4.69, 9.17) is 11.0 Å².